The molecule has 3 N–H and O–H groups in total. The first kappa shape index (κ1) is 10.3. The van der Waals surface area contributed by atoms with Crippen LogP contribution in [-0.2, 0) is 0 Å². The van der Waals surface area contributed by atoms with Crippen molar-refractivity contribution in [2.24, 2.45) is 0 Å². The van der Waals surface area contributed by atoms with Gasteiger partial charge in [0, 0.05) is 12.1 Å². The highest BCUT2D eigenvalue weighted by Crippen LogP contribution is 2.14. The van der Waals surface area contributed by atoms with Gasteiger partial charge in [0.25, 0.3) is 0 Å². The summed E-state index contributed by atoms with van der Waals surface area (Å²) in [5.74, 6) is 1.25. The highest BCUT2D eigenvalue weighted by Gasteiger charge is 2.03. The maximum Gasteiger partial charge on any atom is 0.225 e. The van der Waals surface area contributed by atoms with Crippen LogP contribution in [0.5, 0.6) is 5.88 Å². The van der Waals surface area contributed by atoms with Crippen LogP contribution in [0.1, 0.15) is 6.92 Å². The molecule has 0 bridgehead atoms. The Morgan fingerprint density at radius 2 is 2.36 bits per heavy atom. The third kappa shape index (κ3) is 2.62. The molecule has 76 valence electrons. The first-order valence-corrected chi connectivity index (χ1v) is 4.23. The molecular weight excluding hydrogens is 180 g/mol. The predicted octanol–water partition coefficient (Wildman–Crippen LogP) is 1.05. The molecule has 0 aromatic carbocycles. The second-order valence-corrected chi connectivity index (χ2v) is 2.82. The van der Waals surface area contributed by atoms with Gasteiger partial charge in [-0.25, -0.2) is 0 Å². The number of hydrogen-bond donors (Lipinski definition) is 2. The summed E-state index contributed by atoms with van der Waals surface area (Å²) >= 11 is 0. The molecule has 1 atom stereocenters. The van der Waals surface area contributed by atoms with Crippen molar-refractivity contribution >= 4 is 11.8 Å². The van der Waals surface area contributed by atoms with E-state index in [0.29, 0.717) is 11.7 Å². The average molecular weight is 194 g/mol. The van der Waals surface area contributed by atoms with Crippen LogP contribution in [0.15, 0.2) is 18.7 Å². The van der Waals surface area contributed by atoms with Gasteiger partial charge in [0.05, 0.1) is 7.11 Å². The standard InChI is InChI=1S/C9H14N4O/c1-4-6(2)11-7-5-8(14-3)13-9(10)12-7/h4-6H,1H2,2-3H3,(H3,10,11,12,13). The molecule has 1 unspecified atom stereocenters. The van der Waals surface area contributed by atoms with Crippen LogP contribution in [0, 0.1) is 0 Å². The van der Waals surface area contributed by atoms with E-state index in [1.807, 2.05) is 6.92 Å². The van der Waals surface area contributed by atoms with Gasteiger partial charge in [-0.2, -0.15) is 9.97 Å². The predicted molar refractivity (Wildman–Crippen MR) is 56.3 cm³/mol. The molecule has 0 fully saturated rings. The van der Waals surface area contributed by atoms with Crippen LogP contribution in [0.4, 0.5) is 11.8 Å². The van der Waals surface area contributed by atoms with Crippen LogP contribution >= 0.6 is 0 Å². The lowest BCUT2D eigenvalue weighted by atomic mass is 10.3. The number of methoxy groups -OCH3 is 1. The number of hydrogen-bond acceptors (Lipinski definition) is 5. The molecular formula is C9H14N4O. The number of nitrogens with zero attached hydrogens (tertiary/aromatic N) is 2. The molecule has 14 heavy (non-hydrogen) atoms. The van der Waals surface area contributed by atoms with Gasteiger partial charge < -0.3 is 15.8 Å². The second kappa shape index (κ2) is 4.45. The number of aromatic nitrogens is 2. The maximum atomic E-state index is 5.48. The Bertz CT molecular complexity index is 327. The molecule has 0 aliphatic heterocycles. The van der Waals surface area contributed by atoms with Crippen molar-refractivity contribution < 1.29 is 4.74 Å². The van der Waals surface area contributed by atoms with Crippen molar-refractivity contribution in [2.75, 3.05) is 18.2 Å². The first-order valence-electron chi connectivity index (χ1n) is 4.23. The monoisotopic (exact) mass is 194 g/mol. The van der Waals surface area contributed by atoms with Gasteiger partial charge >= 0.3 is 0 Å². The molecule has 0 radical (unpaired) electrons. The van der Waals surface area contributed by atoms with Crippen LogP contribution in [0.2, 0.25) is 0 Å². The summed E-state index contributed by atoms with van der Waals surface area (Å²) in [6.45, 7) is 5.61. The molecule has 1 aromatic heterocycles. The molecule has 0 saturated carbocycles. The topological polar surface area (TPSA) is 73.1 Å². The lowest BCUT2D eigenvalue weighted by molar-refractivity contribution is 0.398. The van der Waals surface area contributed by atoms with E-state index in [9.17, 15) is 0 Å². The van der Waals surface area contributed by atoms with E-state index < -0.39 is 0 Å². The summed E-state index contributed by atoms with van der Waals surface area (Å²) < 4.78 is 4.95. The summed E-state index contributed by atoms with van der Waals surface area (Å²) in [5.41, 5.74) is 5.48. The van der Waals surface area contributed by atoms with Gasteiger partial charge in [0.2, 0.25) is 11.8 Å². The Hall–Kier alpha value is -1.78. The normalized spacial score (nSPS) is 11.9. The lowest BCUT2D eigenvalue weighted by Gasteiger charge is -2.10. The summed E-state index contributed by atoms with van der Waals surface area (Å²) in [7, 11) is 1.53. The zero-order chi connectivity index (χ0) is 10.6. The zero-order valence-corrected chi connectivity index (χ0v) is 8.32. The minimum Gasteiger partial charge on any atom is -0.481 e. The van der Waals surface area contributed by atoms with E-state index in [0.717, 1.165) is 0 Å². The largest absolute Gasteiger partial charge is 0.481 e. The van der Waals surface area contributed by atoms with Crippen LogP contribution in [-0.4, -0.2) is 23.1 Å². The molecule has 0 aliphatic carbocycles. The highest BCUT2D eigenvalue weighted by atomic mass is 16.5. The summed E-state index contributed by atoms with van der Waals surface area (Å²) in [4.78, 5) is 7.86. The summed E-state index contributed by atoms with van der Waals surface area (Å²) in [5, 5.41) is 3.08. The van der Waals surface area contributed by atoms with E-state index >= 15 is 0 Å². The minimum atomic E-state index is 0.119. The van der Waals surface area contributed by atoms with Gasteiger partial charge in [-0.3, -0.25) is 0 Å². The molecule has 5 nitrogen and oxygen atoms in total. The van der Waals surface area contributed by atoms with Crippen molar-refractivity contribution in [2.45, 2.75) is 13.0 Å². The third-order valence-electron chi connectivity index (χ3n) is 1.66. The fourth-order valence-corrected chi connectivity index (χ4v) is 0.914. The van der Waals surface area contributed by atoms with E-state index in [1.54, 1.807) is 12.1 Å². The van der Waals surface area contributed by atoms with Gasteiger partial charge in [0.15, 0.2) is 0 Å². The fraction of sp³-hybridized carbons (Fsp3) is 0.333. The van der Waals surface area contributed by atoms with E-state index in [1.165, 1.54) is 7.11 Å². The van der Waals surface area contributed by atoms with Crippen molar-refractivity contribution in [3.05, 3.63) is 18.7 Å². The van der Waals surface area contributed by atoms with Gasteiger partial charge in [0.1, 0.15) is 5.82 Å². The Morgan fingerprint density at radius 1 is 1.64 bits per heavy atom. The molecule has 5 heteroatoms. The molecule has 1 heterocycles. The lowest BCUT2D eigenvalue weighted by Crippen LogP contribution is -2.13. The number of nitrogens with two attached hydrogens (primary N) is 1. The molecule has 0 aliphatic rings. The maximum absolute atomic E-state index is 5.48. The number of ether oxygens (including phenoxy) is 1. The summed E-state index contributed by atoms with van der Waals surface area (Å²) in [6.07, 6.45) is 1.77. The van der Waals surface area contributed by atoms with Gasteiger partial charge in [-0.05, 0) is 6.92 Å². The van der Waals surface area contributed by atoms with Crippen molar-refractivity contribution in [3.63, 3.8) is 0 Å². The van der Waals surface area contributed by atoms with Crippen LogP contribution in [0.3, 0.4) is 0 Å². The smallest absolute Gasteiger partial charge is 0.225 e. The second-order valence-electron chi connectivity index (χ2n) is 2.82. The van der Waals surface area contributed by atoms with Crippen LogP contribution < -0.4 is 15.8 Å². The highest BCUT2D eigenvalue weighted by molar-refractivity contribution is 5.43. The van der Waals surface area contributed by atoms with E-state index in [4.69, 9.17) is 10.5 Å². The third-order valence-corrected chi connectivity index (χ3v) is 1.66. The quantitative estimate of drug-likeness (QED) is 0.701. The van der Waals surface area contributed by atoms with E-state index in [-0.39, 0.29) is 12.0 Å². The number of rotatable bonds is 4. The van der Waals surface area contributed by atoms with Gasteiger partial charge in [-0.15, -0.1) is 6.58 Å². The van der Waals surface area contributed by atoms with Crippen LogP contribution in [0.25, 0.3) is 0 Å². The zero-order valence-electron chi connectivity index (χ0n) is 8.32. The number of anilines is 2. The summed E-state index contributed by atoms with van der Waals surface area (Å²) in [6, 6.07) is 1.80. The Balaban J connectivity index is 2.86. The Morgan fingerprint density at radius 3 is 2.93 bits per heavy atom. The number of nitrogens with one attached hydrogen (secondary N) is 1. The Kier molecular flexibility index (Phi) is 3.28. The van der Waals surface area contributed by atoms with E-state index in [2.05, 4.69) is 21.9 Å². The first-order chi connectivity index (χ1) is 6.65. The minimum absolute atomic E-state index is 0.119. The van der Waals surface area contributed by atoms with Gasteiger partial charge in [-0.1, -0.05) is 6.08 Å². The van der Waals surface area contributed by atoms with Crippen molar-refractivity contribution in [3.8, 4) is 5.88 Å². The molecule has 0 saturated heterocycles. The van der Waals surface area contributed by atoms with Crippen molar-refractivity contribution in [1.29, 1.82) is 0 Å². The van der Waals surface area contributed by atoms with Crippen molar-refractivity contribution in [1.82, 2.24) is 9.97 Å². The molecule has 0 spiro atoms. The molecule has 1 aromatic rings. The molecule has 1 rings (SSSR count). The molecule has 0 amide bonds. The Labute approximate surface area is 83.0 Å². The fourth-order valence-electron chi connectivity index (χ4n) is 0.914. The average Bonchev–Trinajstić information content (AvgIpc) is 2.16. The number of nitrogen functional groups attached to an aromatic ring is 1. The SMILES string of the molecule is C=CC(C)Nc1cc(OC)nc(N)n1.